The molecule has 4 nitrogen and oxygen atoms in total. The van der Waals surface area contributed by atoms with Crippen molar-refractivity contribution in [2.45, 2.75) is 37.3 Å². The van der Waals surface area contributed by atoms with E-state index in [1.54, 1.807) is 11.8 Å². The van der Waals surface area contributed by atoms with E-state index in [9.17, 15) is 4.79 Å². The zero-order valence-electron chi connectivity index (χ0n) is 12.0. The van der Waals surface area contributed by atoms with Crippen molar-refractivity contribution in [1.82, 2.24) is 10.6 Å². The third-order valence-electron chi connectivity index (χ3n) is 3.24. The first-order valence-corrected chi connectivity index (χ1v) is 8.08. The molecule has 0 aliphatic carbocycles. The molecule has 1 aliphatic rings. The van der Waals surface area contributed by atoms with Gasteiger partial charge in [-0.15, -0.1) is 11.8 Å². The van der Waals surface area contributed by atoms with E-state index < -0.39 is 0 Å². The maximum atomic E-state index is 11.0. The van der Waals surface area contributed by atoms with Crippen molar-refractivity contribution < 1.29 is 9.53 Å². The van der Waals surface area contributed by atoms with E-state index in [0.717, 1.165) is 18.7 Å². The molecule has 0 bridgehead atoms. The van der Waals surface area contributed by atoms with E-state index in [2.05, 4.69) is 48.7 Å². The van der Waals surface area contributed by atoms with Crippen LogP contribution in [0.5, 0.6) is 0 Å². The Morgan fingerprint density at radius 2 is 2.40 bits per heavy atom. The molecule has 0 radical (unpaired) electrons. The minimum absolute atomic E-state index is 0.0215. The highest BCUT2D eigenvalue weighted by Gasteiger charge is 2.22. The number of hydrogen-bond acceptors (Lipinski definition) is 4. The van der Waals surface area contributed by atoms with Crippen LogP contribution in [0.3, 0.4) is 0 Å². The molecule has 1 amide bonds. The Kier molecular flexibility index (Phi) is 5.73. The first-order chi connectivity index (χ1) is 9.69. The van der Waals surface area contributed by atoms with Crippen LogP contribution in [-0.4, -0.2) is 31.0 Å². The molecule has 2 N–H and O–H groups in total. The summed E-state index contributed by atoms with van der Waals surface area (Å²) in [7, 11) is 0. The third-order valence-corrected chi connectivity index (χ3v) is 4.37. The fraction of sp³-hybridized carbons (Fsp3) is 0.533. The summed E-state index contributed by atoms with van der Waals surface area (Å²) in [6, 6.07) is 8.91. The molecule has 110 valence electrons. The zero-order chi connectivity index (χ0) is 14.4. The molecule has 0 spiro atoms. The van der Waals surface area contributed by atoms with Crippen molar-refractivity contribution in [3.05, 3.63) is 29.8 Å². The second-order valence-electron chi connectivity index (χ2n) is 4.97. The van der Waals surface area contributed by atoms with Crippen LogP contribution in [0.1, 0.15) is 31.9 Å². The molecule has 1 aliphatic heterocycles. The highest BCUT2D eigenvalue weighted by atomic mass is 32.2. The number of nitrogens with one attached hydrogen (secondary N) is 2. The summed E-state index contributed by atoms with van der Waals surface area (Å²) in [5, 5.41) is 6.16. The quantitative estimate of drug-likeness (QED) is 0.759. The number of carbonyl (C=O) groups excluding carboxylic acids is 1. The van der Waals surface area contributed by atoms with Gasteiger partial charge >= 0.3 is 6.09 Å². The van der Waals surface area contributed by atoms with Gasteiger partial charge in [-0.2, -0.15) is 0 Å². The molecule has 2 atom stereocenters. The number of alkyl carbamates (subject to hydrolysis) is 1. The topological polar surface area (TPSA) is 50.4 Å². The van der Waals surface area contributed by atoms with E-state index in [1.807, 2.05) is 0 Å². The molecule has 2 rings (SSSR count). The summed E-state index contributed by atoms with van der Waals surface area (Å²) in [5.74, 6) is 0.791. The average molecular weight is 294 g/mol. The summed E-state index contributed by atoms with van der Waals surface area (Å²) < 4.78 is 5.13. The zero-order valence-corrected chi connectivity index (χ0v) is 12.8. The van der Waals surface area contributed by atoms with Crippen LogP contribution in [0, 0.1) is 0 Å². The molecule has 1 heterocycles. The number of ether oxygens (including phenoxy) is 1. The van der Waals surface area contributed by atoms with Crippen molar-refractivity contribution in [3.63, 3.8) is 0 Å². The van der Waals surface area contributed by atoms with E-state index >= 15 is 0 Å². The van der Waals surface area contributed by atoms with Gasteiger partial charge in [-0.25, -0.2) is 4.79 Å². The van der Waals surface area contributed by atoms with Crippen molar-refractivity contribution in [1.29, 1.82) is 0 Å². The Hall–Kier alpha value is -1.20. The van der Waals surface area contributed by atoms with Crippen molar-refractivity contribution >= 4 is 17.9 Å². The lowest BCUT2D eigenvalue weighted by atomic mass is 10.1. The number of carbonyl (C=O) groups is 1. The van der Waals surface area contributed by atoms with E-state index in [0.29, 0.717) is 12.6 Å². The largest absolute Gasteiger partial charge is 0.443 e. The fourth-order valence-electron chi connectivity index (χ4n) is 2.07. The van der Waals surface area contributed by atoms with Gasteiger partial charge in [0.2, 0.25) is 0 Å². The maximum absolute atomic E-state index is 11.0. The monoisotopic (exact) mass is 294 g/mol. The molecule has 1 aromatic carbocycles. The Labute approximate surface area is 124 Å². The summed E-state index contributed by atoms with van der Waals surface area (Å²) >= 11 is 1.73. The Morgan fingerprint density at radius 1 is 1.55 bits per heavy atom. The summed E-state index contributed by atoms with van der Waals surface area (Å²) in [6.07, 6.45) is 0.812. The number of rotatable bonds is 7. The highest BCUT2D eigenvalue weighted by Crippen LogP contribution is 2.24. The number of benzene rings is 1. The molecule has 20 heavy (non-hydrogen) atoms. The molecular weight excluding hydrogens is 272 g/mol. The minimum atomic E-state index is -0.304. The van der Waals surface area contributed by atoms with Gasteiger partial charge in [0.1, 0.15) is 6.10 Å². The van der Waals surface area contributed by atoms with Crippen LogP contribution in [0.15, 0.2) is 29.2 Å². The smallest absolute Gasteiger partial charge is 0.407 e. The lowest BCUT2D eigenvalue weighted by molar-refractivity contribution is 0.150. The van der Waals surface area contributed by atoms with E-state index in [4.69, 9.17) is 4.74 Å². The molecule has 1 saturated heterocycles. The average Bonchev–Trinajstić information content (AvgIpc) is 2.88. The maximum Gasteiger partial charge on any atom is 0.407 e. The molecule has 5 heteroatoms. The van der Waals surface area contributed by atoms with Crippen molar-refractivity contribution in [2.24, 2.45) is 0 Å². The van der Waals surface area contributed by atoms with Crippen LogP contribution >= 0.6 is 11.8 Å². The molecule has 0 saturated carbocycles. The van der Waals surface area contributed by atoms with Gasteiger partial charge in [-0.3, -0.25) is 0 Å². The van der Waals surface area contributed by atoms with Gasteiger partial charge in [0.05, 0.1) is 6.54 Å². The number of amides is 1. The minimum Gasteiger partial charge on any atom is -0.443 e. The second kappa shape index (κ2) is 7.55. The van der Waals surface area contributed by atoms with E-state index in [-0.39, 0.29) is 12.2 Å². The molecule has 0 aromatic heterocycles. The predicted molar refractivity (Wildman–Crippen MR) is 82.1 cm³/mol. The van der Waals surface area contributed by atoms with Crippen molar-refractivity contribution in [2.75, 3.05) is 18.8 Å². The van der Waals surface area contributed by atoms with Crippen LogP contribution in [0.25, 0.3) is 0 Å². The predicted octanol–water partition coefficient (Wildman–Crippen LogP) is 2.95. The first-order valence-electron chi connectivity index (χ1n) is 7.09. The van der Waals surface area contributed by atoms with Gasteiger partial charge in [-0.1, -0.05) is 19.1 Å². The highest BCUT2D eigenvalue weighted by molar-refractivity contribution is 7.99. The van der Waals surface area contributed by atoms with Gasteiger partial charge < -0.3 is 15.4 Å². The SMILES string of the molecule is CCCNC(C)c1cccc(SCC2CNC(=O)O2)c1. The number of hydrogen-bond donors (Lipinski definition) is 2. The van der Waals surface area contributed by atoms with Gasteiger partial charge in [0.15, 0.2) is 0 Å². The number of cyclic esters (lactones) is 1. The lowest BCUT2D eigenvalue weighted by Crippen LogP contribution is -2.19. The van der Waals surface area contributed by atoms with Crippen LogP contribution in [0.2, 0.25) is 0 Å². The van der Waals surface area contributed by atoms with Gasteiger partial charge in [-0.05, 0) is 37.6 Å². The second-order valence-corrected chi connectivity index (χ2v) is 6.06. The Balaban J connectivity index is 1.87. The molecule has 1 aromatic rings. The fourth-order valence-corrected chi connectivity index (χ4v) is 3.02. The van der Waals surface area contributed by atoms with Crippen molar-refractivity contribution in [3.8, 4) is 0 Å². The molecular formula is C15H22N2O2S. The Morgan fingerprint density at radius 3 is 3.10 bits per heavy atom. The summed E-state index contributed by atoms with van der Waals surface area (Å²) in [4.78, 5) is 12.2. The standard InChI is InChI=1S/C15H22N2O2S/c1-3-7-16-11(2)12-5-4-6-14(8-12)20-10-13-9-17-15(18)19-13/h4-6,8,11,13,16H,3,7,9-10H2,1-2H3,(H,17,18). The Bertz CT molecular complexity index is 453. The van der Waals surface area contributed by atoms with Crippen LogP contribution < -0.4 is 10.6 Å². The summed E-state index contributed by atoms with van der Waals surface area (Å²) in [6.45, 7) is 5.99. The first kappa shape index (κ1) is 15.2. The number of thioether (sulfide) groups is 1. The van der Waals surface area contributed by atoms with Gasteiger partial charge in [0.25, 0.3) is 0 Å². The third kappa shape index (κ3) is 4.42. The summed E-state index contributed by atoms with van der Waals surface area (Å²) in [5.41, 5.74) is 1.30. The van der Waals surface area contributed by atoms with Crippen LogP contribution in [-0.2, 0) is 4.74 Å². The van der Waals surface area contributed by atoms with Gasteiger partial charge in [0, 0.05) is 16.7 Å². The van der Waals surface area contributed by atoms with Crippen LogP contribution in [0.4, 0.5) is 4.79 Å². The van der Waals surface area contributed by atoms with E-state index in [1.165, 1.54) is 10.5 Å². The normalized spacial score (nSPS) is 19.5. The lowest BCUT2D eigenvalue weighted by Gasteiger charge is -2.15. The molecule has 1 fully saturated rings. The molecule has 2 unspecified atom stereocenters.